The summed E-state index contributed by atoms with van der Waals surface area (Å²) in [5, 5.41) is 0. The van der Waals surface area contributed by atoms with Crippen LogP contribution < -0.4 is 4.90 Å². The van der Waals surface area contributed by atoms with Crippen LogP contribution in [0.5, 0.6) is 0 Å². The quantitative estimate of drug-likeness (QED) is 0.767. The number of ether oxygens (including phenoxy) is 1. The van der Waals surface area contributed by atoms with Gasteiger partial charge in [-0.1, -0.05) is 0 Å². The van der Waals surface area contributed by atoms with Crippen molar-refractivity contribution in [3.8, 4) is 0 Å². The van der Waals surface area contributed by atoms with E-state index in [1.165, 1.54) is 0 Å². The van der Waals surface area contributed by atoms with E-state index in [0.717, 1.165) is 31.5 Å². The lowest BCUT2D eigenvalue weighted by Gasteiger charge is -2.25. The molecule has 1 aromatic rings. The van der Waals surface area contributed by atoms with Gasteiger partial charge in [-0.05, 0) is 37.8 Å². The third kappa shape index (κ3) is 2.25. The van der Waals surface area contributed by atoms with Crippen LogP contribution >= 0.6 is 0 Å². The number of carbonyl (C=O) groups is 1. The van der Waals surface area contributed by atoms with E-state index in [9.17, 15) is 4.79 Å². The summed E-state index contributed by atoms with van der Waals surface area (Å²) < 4.78 is 5.50. The molecule has 1 aromatic heterocycles. The summed E-state index contributed by atoms with van der Waals surface area (Å²) >= 11 is 0. The van der Waals surface area contributed by atoms with Gasteiger partial charge in [-0.25, -0.2) is 4.98 Å². The number of rotatable bonds is 4. The van der Waals surface area contributed by atoms with Gasteiger partial charge in [0, 0.05) is 33.0 Å². The highest BCUT2D eigenvalue weighted by atomic mass is 16.5. The first kappa shape index (κ1) is 13.0. The number of hydrogen-bond donors (Lipinski definition) is 0. The van der Waals surface area contributed by atoms with E-state index in [0.29, 0.717) is 5.56 Å². The smallest absolute Gasteiger partial charge is 0.196 e. The van der Waals surface area contributed by atoms with Crippen molar-refractivity contribution in [2.45, 2.75) is 31.3 Å². The molecule has 0 amide bonds. The highest BCUT2D eigenvalue weighted by Gasteiger charge is 2.41. The molecular formula is C14H20N2O2. The fourth-order valence-electron chi connectivity index (χ4n) is 2.52. The normalized spacial score (nSPS) is 17.7. The standard InChI is InChI=1S/C14H20N2O2/c1-16(2)12-7-6-11(10-15-12)13(17)14(18-3)8-4-5-9-14/h6-7,10H,4-5,8-9H2,1-3H3. The Morgan fingerprint density at radius 1 is 1.33 bits per heavy atom. The maximum atomic E-state index is 12.5. The molecule has 1 fully saturated rings. The number of methoxy groups -OCH3 is 1. The molecule has 0 spiro atoms. The molecule has 1 saturated carbocycles. The Bertz CT molecular complexity index is 420. The van der Waals surface area contributed by atoms with Crippen LogP contribution in [0.15, 0.2) is 18.3 Å². The van der Waals surface area contributed by atoms with Gasteiger partial charge >= 0.3 is 0 Å². The summed E-state index contributed by atoms with van der Waals surface area (Å²) in [4.78, 5) is 18.7. The van der Waals surface area contributed by atoms with Crippen molar-refractivity contribution in [2.24, 2.45) is 0 Å². The highest BCUT2D eigenvalue weighted by Crippen LogP contribution is 2.35. The lowest BCUT2D eigenvalue weighted by atomic mass is 9.92. The summed E-state index contributed by atoms with van der Waals surface area (Å²) in [5.41, 5.74) is 0.0331. The summed E-state index contributed by atoms with van der Waals surface area (Å²) in [6.07, 6.45) is 5.40. The van der Waals surface area contributed by atoms with Crippen LogP contribution in [-0.2, 0) is 4.74 Å². The lowest BCUT2D eigenvalue weighted by Crippen LogP contribution is -2.37. The number of aromatic nitrogens is 1. The molecule has 0 atom stereocenters. The van der Waals surface area contributed by atoms with E-state index in [1.807, 2.05) is 31.1 Å². The first-order valence-electron chi connectivity index (χ1n) is 6.32. The molecule has 0 unspecified atom stereocenters. The van der Waals surface area contributed by atoms with Crippen molar-refractivity contribution in [2.75, 3.05) is 26.1 Å². The summed E-state index contributed by atoms with van der Waals surface area (Å²) in [6, 6.07) is 3.70. The zero-order valence-electron chi connectivity index (χ0n) is 11.3. The van der Waals surface area contributed by atoms with E-state index >= 15 is 0 Å². The maximum Gasteiger partial charge on any atom is 0.196 e. The number of hydrogen-bond acceptors (Lipinski definition) is 4. The average molecular weight is 248 g/mol. The molecule has 0 bridgehead atoms. The number of pyridine rings is 1. The summed E-state index contributed by atoms with van der Waals surface area (Å²) in [7, 11) is 5.49. The first-order chi connectivity index (χ1) is 8.59. The second kappa shape index (κ2) is 5.06. The molecule has 18 heavy (non-hydrogen) atoms. The minimum Gasteiger partial charge on any atom is -0.370 e. The van der Waals surface area contributed by atoms with E-state index in [-0.39, 0.29) is 5.78 Å². The molecule has 1 heterocycles. The Hall–Kier alpha value is -1.42. The highest BCUT2D eigenvalue weighted by molar-refractivity contribution is 6.02. The molecule has 0 saturated heterocycles. The zero-order valence-corrected chi connectivity index (χ0v) is 11.3. The average Bonchev–Trinajstić information content (AvgIpc) is 2.88. The van der Waals surface area contributed by atoms with Gasteiger partial charge in [0.15, 0.2) is 5.78 Å². The Kier molecular flexibility index (Phi) is 3.66. The Morgan fingerprint density at radius 2 is 2.00 bits per heavy atom. The minimum atomic E-state index is -0.610. The Balaban J connectivity index is 2.23. The van der Waals surface area contributed by atoms with E-state index < -0.39 is 5.60 Å². The van der Waals surface area contributed by atoms with Gasteiger partial charge < -0.3 is 9.64 Å². The number of Topliss-reactive ketones (excluding diaryl/α,β-unsaturated/α-hetero) is 1. The van der Waals surface area contributed by atoms with Crippen LogP contribution in [0, 0.1) is 0 Å². The predicted octanol–water partition coefficient (Wildman–Crippen LogP) is 2.29. The Labute approximate surface area is 108 Å². The molecule has 2 rings (SSSR count). The fourth-order valence-corrected chi connectivity index (χ4v) is 2.52. The van der Waals surface area contributed by atoms with Crippen LogP contribution in [-0.4, -0.2) is 37.6 Å². The van der Waals surface area contributed by atoms with Gasteiger partial charge in [0.05, 0.1) is 0 Å². The first-order valence-corrected chi connectivity index (χ1v) is 6.32. The lowest BCUT2D eigenvalue weighted by molar-refractivity contribution is 0.00599. The SMILES string of the molecule is COC1(C(=O)c2ccc(N(C)C)nc2)CCCC1. The van der Waals surface area contributed by atoms with Crippen molar-refractivity contribution in [3.05, 3.63) is 23.9 Å². The van der Waals surface area contributed by atoms with Crippen LogP contribution in [0.2, 0.25) is 0 Å². The van der Waals surface area contributed by atoms with Gasteiger partial charge in [0.2, 0.25) is 0 Å². The second-order valence-electron chi connectivity index (χ2n) is 5.03. The predicted molar refractivity (Wildman–Crippen MR) is 71.1 cm³/mol. The molecule has 0 aliphatic heterocycles. The van der Waals surface area contributed by atoms with Crippen molar-refractivity contribution in [1.82, 2.24) is 4.98 Å². The van der Waals surface area contributed by atoms with Crippen LogP contribution in [0.1, 0.15) is 36.0 Å². The number of ketones is 1. The molecule has 0 N–H and O–H groups in total. The van der Waals surface area contributed by atoms with E-state index in [2.05, 4.69) is 4.98 Å². The second-order valence-corrected chi connectivity index (χ2v) is 5.03. The topological polar surface area (TPSA) is 42.4 Å². The molecule has 0 radical (unpaired) electrons. The number of carbonyl (C=O) groups excluding carboxylic acids is 1. The van der Waals surface area contributed by atoms with E-state index in [4.69, 9.17) is 4.74 Å². The molecular weight excluding hydrogens is 228 g/mol. The molecule has 98 valence electrons. The van der Waals surface area contributed by atoms with Gasteiger partial charge in [-0.2, -0.15) is 0 Å². The van der Waals surface area contributed by atoms with Crippen LogP contribution in [0.25, 0.3) is 0 Å². The third-order valence-corrected chi connectivity index (χ3v) is 3.68. The molecule has 4 heteroatoms. The van der Waals surface area contributed by atoms with Gasteiger partial charge in [0.25, 0.3) is 0 Å². The van der Waals surface area contributed by atoms with E-state index in [1.54, 1.807) is 13.3 Å². The molecule has 1 aliphatic rings. The van der Waals surface area contributed by atoms with Crippen LogP contribution in [0.3, 0.4) is 0 Å². The minimum absolute atomic E-state index is 0.0697. The largest absolute Gasteiger partial charge is 0.370 e. The summed E-state index contributed by atoms with van der Waals surface area (Å²) in [5.74, 6) is 0.921. The zero-order chi connectivity index (χ0) is 13.2. The van der Waals surface area contributed by atoms with Crippen LogP contribution in [0.4, 0.5) is 5.82 Å². The van der Waals surface area contributed by atoms with Gasteiger partial charge in [-0.15, -0.1) is 0 Å². The maximum absolute atomic E-state index is 12.5. The molecule has 0 aromatic carbocycles. The number of nitrogens with zero attached hydrogens (tertiary/aromatic N) is 2. The van der Waals surface area contributed by atoms with Gasteiger partial charge in [0.1, 0.15) is 11.4 Å². The van der Waals surface area contributed by atoms with Crippen molar-refractivity contribution >= 4 is 11.6 Å². The van der Waals surface area contributed by atoms with Crippen molar-refractivity contribution in [1.29, 1.82) is 0 Å². The van der Waals surface area contributed by atoms with Crippen molar-refractivity contribution < 1.29 is 9.53 Å². The van der Waals surface area contributed by atoms with Gasteiger partial charge in [-0.3, -0.25) is 4.79 Å². The monoisotopic (exact) mass is 248 g/mol. The third-order valence-electron chi connectivity index (χ3n) is 3.68. The Morgan fingerprint density at radius 3 is 2.44 bits per heavy atom. The summed E-state index contributed by atoms with van der Waals surface area (Å²) in [6.45, 7) is 0. The molecule has 1 aliphatic carbocycles. The molecule has 4 nitrogen and oxygen atoms in total. The number of anilines is 1. The van der Waals surface area contributed by atoms with Crippen molar-refractivity contribution in [3.63, 3.8) is 0 Å². The fraction of sp³-hybridized carbons (Fsp3) is 0.571.